The highest BCUT2D eigenvalue weighted by molar-refractivity contribution is 6.56. The highest BCUT2D eigenvalue weighted by atomic mass is 16.5. The van der Waals surface area contributed by atoms with Gasteiger partial charge in [-0.1, -0.05) is 48.6 Å². The minimum absolute atomic E-state index is 0.00991. The smallest absolute Gasteiger partial charge is 0.372 e. The van der Waals surface area contributed by atoms with Crippen LogP contribution >= 0.6 is 0 Å². The van der Waals surface area contributed by atoms with E-state index in [0.717, 1.165) is 5.56 Å². The van der Waals surface area contributed by atoms with Crippen LogP contribution in [0.2, 0.25) is 6.32 Å². The molecule has 3 nitrogen and oxygen atoms in total. The molecule has 0 bridgehead atoms. The molecule has 66 valence electrons. The molecule has 1 aromatic rings. The maximum absolute atomic E-state index is 8.65. The first kappa shape index (κ1) is 9.25. The Morgan fingerprint density at radius 2 is 1.58 bits per heavy atom. The molecule has 3 N–H and O–H groups in total. The van der Waals surface area contributed by atoms with E-state index in [4.69, 9.17) is 15.1 Å². The highest BCUT2D eigenvalue weighted by Gasteiger charge is 2.14. The standard InChI is InChI=1S/C8H12BO3/c10-9(11,12)7-6-8-4-2-1-3-5-8/h1-5,10-12H,6-7H2/q-1. The van der Waals surface area contributed by atoms with E-state index in [9.17, 15) is 0 Å². The number of aryl methyl sites for hydroxylation is 1. The first-order valence-electron chi connectivity index (χ1n) is 3.95. The first-order chi connectivity index (χ1) is 5.58. The lowest BCUT2D eigenvalue weighted by Crippen LogP contribution is -2.34. The van der Waals surface area contributed by atoms with Crippen LogP contribution < -0.4 is 0 Å². The Morgan fingerprint density at radius 3 is 2.08 bits per heavy atom. The van der Waals surface area contributed by atoms with Gasteiger partial charge in [0.15, 0.2) is 0 Å². The van der Waals surface area contributed by atoms with Gasteiger partial charge >= 0.3 is 6.75 Å². The monoisotopic (exact) mass is 167 g/mol. The van der Waals surface area contributed by atoms with Crippen molar-refractivity contribution in [2.75, 3.05) is 0 Å². The van der Waals surface area contributed by atoms with Gasteiger partial charge in [-0.3, -0.25) is 0 Å². The molecule has 1 aromatic carbocycles. The summed E-state index contributed by atoms with van der Waals surface area (Å²) in [5.74, 6) is 0. The van der Waals surface area contributed by atoms with E-state index in [1.54, 1.807) is 0 Å². The van der Waals surface area contributed by atoms with Crippen molar-refractivity contribution in [2.45, 2.75) is 12.7 Å². The van der Waals surface area contributed by atoms with E-state index in [1.165, 1.54) is 0 Å². The minimum atomic E-state index is -3.13. The topological polar surface area (TPSA) is 60.7 Å². The summed E-state index contributed by atoms with van der Waals surface area (Å²) in [6.07, 6.45) is 0.467. The number of hydrogen-bond donors (Lipinski definition) is 3. The van der Waals surface area contributed by atoms with Gasteiger partial charge in [-0.15, -0.1) is 0 Å². The summed E-state index contributed by atoms with van der Waals surface area (Å²) >= 11 is 0. The Kier molecular flexibility index (Phi) is 2.86. The van der Waals surface area contributed by atoms with E-state index >= 15 is 0 Å². The molecule has 12 heavy (non-hydrogen) atoms. The fourth-order valence-electron chi connectivity index (χ4n) is 1.00. The summed E-state index contributed by atoms with van der Waals surface area (Å²) in [5, 5.41) is 26.0. The molecule has 0 aliphatic carbocycles. The molecule has 4 heteroatoms. The van der Waals surface area contributed by atoms with Crippen molar-refractivity contribution in [3.8, 4) is 0 Å². The number of benzene rings is 1. The third-order valence-corrected chi connectivity index (χ3v) is 1.66. The van der Waals surface area contributed by atoms with Crippen LogP contribution in [-0.2, 0) is 6.42 Å². The Morgan fingerprint density at radius 1 is 1.00 bits per heavy atom. The van der Waals surface area contributed by atoms with Crippen molar-refractivity contribution >= 4 is 6.75 Å². The van der Waals surface area contributed by atoms with E-state index in [2.05, 4.69) is 0 Å². The summed E-state index contributed by atoms with van der Waals surface area (Å²) in [6.45, 7) is -3.13. The molecule has 0 radical (unpaired) electrons. The van der Waals surface area contributed by atoms with Crippen LogP contribution in [0.25, 0.3) is 0 Å². The normalized spacial score (nSPS) is 11.6. The molecule has 0 saturated heterocycles. The van der Waals surface area contributed by atoms with Gasteiger partial charge in [0.1, 0.15) is 0 Å². The van der Waals surface area contributed by atoms with Crippen LogP contribution in [0.4, 0.5) is 0 Å². The van der Waals surface area contributed by atoms with E-state index in [1.807, 2.05) is 30.3 Å². The Balaban J connectivity index is 2.44. The van der Waals surface area contributed by atoms with Crippen molar-refractivity contribution in [3.63, 3.8) is 0 Å². The maximum atomic E-state index is 8.65. The van der Waals surface area contributed by atoms with Gasteiger partial charge in [0.2, 0.25) is 0 Å². The Bertz CT molecular complexity index is 230. The van der Waals surface area contributed by atoms with E-state index in [0.29, 0.717) is 6.42 Å². The second kappa shape index (κ2) is 3.71. The van der Waals surface area contributed by atoms with Gasteiger partial charge < -0.3 is 15.1 Å². The maximum Gasteiger partial charge on any atom is 0.372 e. The zero-order chi connectivity index (χ0) is 9.03. The molecule has 0 saturated carbocycles. The molecule has 0 aliphatic heterocycles. The first-order valence-corrected chi connectivity index (χ1v) is 3.95. The van der Waals surface area contributed by atoms with Crippen LogP contribution in [0, 0.1) is 0 Å². The van der Waals surface area contributed by atoms with Gasteiger partial charge in [0, 0.05) is 0 Å². The van der Waals surface area contributed by atoms with Crippen LogP contribution in [0.15, 0.2) is 30.3 Å². The lowest BCUT2D eigenvalue weighted by atomic mass is 9.73. The molecule has 0 aliphatic rings. The Labute approximate surface area is 71.3 Å². The number of rotatable bonds is 3. The predicted octanol–water partition coefficient (Wildman–Crippen LogP) is 0.145. The van der Waals surface area contributed by atoms with Gasteiger partial charge in [0.25, 0.3) is 0 Å². The van der Waals surface area contributed by atoms with E-state index in [-0.39, 0.29) is 6.32 Å². The SMILES string of the molecule is O[B-](O)(O)CCc1ccccc1. The number of hydrogen-bond acceptors (Lipinski definition) is 3. The average Bonchev–Trinajstić information content (AvgIpc) is 2.02. The molecule has 0 spiro atoms. The molecule has 0 atom stereocenters. The fourth-order valence-corrected chi connectivity index (χ4v) is 1.00. The second-order valence-corrected chi connectivity index (χ2v) is 2.92. The second-order valence-electron chi connectivity index (χ2n) is 2.92. The average molecular weight is 167 g/mol. The zero-order valence-corrected chi connectivity index (χ0v) is 6.72. The van der Waals surface area contributed by atoms with Crippen molar-refractivity contribution in [1.29, 1.82) is 0 Å². The van der Waals surface area contributed by atoms with Gasteiger partial charge in [-0.2, -0.15) is 0 Å². The summed E-state index contributed by atoms with van der Waals surface area (Å²) in [4.78, 5) is 0. The largest absolute Gasteiger partial charge is 0.560 e. The van der Waals surface area contributed by atoms with Crippen LogP contribution in [0.1, 0.15) is 5.56 Å². The van der Waals surface area contributed by atoms with Gasteiger partial charge in [0.05, 0.1) is 0 Å². The molecular weight excluding hydrogens is 155 g/mol. The predicted molar refractivity (Wildman–Crippen MR) is 47.4 cm³/mol. The van der Waals surface area contributed by atoms with Gasteiger partial charge in [-0.25, -0.2) is 0 Å². The lowest BCUT2D eigenvalue weighted by molar-refractivity contribution is 0.228. The Hall–Kier alpha value is -0.835. The summed E-state index contributed by atoms with van der Waals surface area (Å²) in [5.41, 5.74) is 0.987. The van der Waals surface area contributed by atoms with Crippen LogP contribution in [-0.4, -0.2) is 21.8 Å². The van der Waals surface area contributed by atoms with Crippen molar-refractivity contribution < 1.29 is 15.1 Å². The molecular formula is C8H12BO3-. The summed E-state index contributed by atoms with van der Waals surface area (Å²) in [6, 6.07) is 9.38. The van der Waals surface area contributed by atoms with Crippen molar-refractivity contribution in [1.82, 2.24) is 0 Å². The van der Waals surface area contributed by atoms with E-state index < -0.39 is 6.75 Å². The third kappa shape index (κ3) is 3.53. The molecule has 0 aromatic heterocycles. The summed E-state index contributed by atoms with van der Waals surface area (Å²) < 4.78 is 0. The lowest BCUT2D eigenvalue weighted by Gasteiger charge is -2.19. The molecule has 0 unspecified atom stereocenters. The summed E-state index contributed by atoms with van der Waals surface area (Å²) in [7, 11) is 0. The molecule has 0 amide bonds. The van der Waals surface area contributed by atoms with Crippen LogP contribution in [0.5, 0.6) is 0 Å². The molecule has 1 rings (SSSR count). The third-order valence-electron chi connectivity index (χ3n) is 1.66. The highest BCUT2D eigenvalue weighted by Crippen LogP contribution is 2.06. The van der Waals surface area contributed by atoms with Crippen LogP contribution in [0.3, 0.4) is 0 Å². The zero-order valence-electron chi connectivity index (χ0n) is 6.72. The van der Waals surface area contributed by atoms with Crippen molar-refractivity contribution in [2.24, 2.45) is 0 Å². The fraction of sp³-hybridized carbons (Fsp3) is 0.250. The quantitative estimate of drug-likeness (QED) is 0.561. The molecule has 0 heterocycles. The van der Waals surface area contributed by atoms with Crippen molar-refractivity contribution in [3.05, 3.63) is 35.9 Å². The molecule has 0 fully saturated rings. The van der Waals surface area contributed by atoms with Gasteiger partial charge in [-0.05, 0) is 0 Å². The minimum Gasteiger partial charge on any atom is -0.560 e.